The van der Waals surface area contributed by atoms with Gasteiger partial charge in [0.05, 0.1) is 11.6 Å². The van der Waals surface area contributed by atoms with E-state index in [9.17, 15) is 19.1 Å². The minimum Gasteiger partial charge on any atom is -0.480 e. The molecule has 0 radical (unpaired) electrons. The number of carbonyl (C=O) groups excluding carboxylic acids is 1. The quantitative estimate of drug-likeness (QED) is 0.815. The molecule has 1 aliphatic heterocycles. The summed E-state index contributed by atoms with van der Waals surface area (Å²) in [5.74, 6) is -1.70. The second kappa shape index (κ2) is 7.42. The monoisotopic (exact) mass is 342 g/mol. The molecule has 2 aromatic rings. The van der Waals surface area contributed by atoms with Crippen LogP contribution in [0.2, 0.25) is 0 Å². The Bertz CT molecular complexity index is 794. The molecular formula is C19H19FN2O3. The maximum Gasteiger partial charge on any atom is 0.326 e. The maximum absolute atomic E-state index is 13.8. The van der Waals surface area contributed by atoms with Gasteiger partial charge in [-0.2, -0.15) is 0 Å². The van der Waals surface area contributed by atoms with Crippen molar-refractivity contribution in [1.82, 2.24) is 4.98 Å². The molecule has 2 unspecified atom stereocenters. The molecule has 0 fully saturated rings. The van der Waals surface area contributed by atoms with E-state index in [2.05, 4.69) is 10.3 Å². The predicted octanol–water partition coefficient (Wildman–Crippen LogP) is 3.61. The summed E-state index contributed by atoms with van der Waals surface area (Å²) in [6.45, 7) is 0. The Morgan fingerprint density at radius 1 is 1.24 bits per heavy atom. The van der Waals surface area contributed by atoms with Crippen molar-refractivity contribution in [2.24, 2.45) is 0 Å². The van der Waals surface area contributed by atoms with Crippen LogP contribution in [0, 0.1) is 5.82 Å². The van der Waals surface area contributed by atoms with E-state index >= 15 is 0 Å². The molecule has 2 atom stereocenters. The van der Waals surface area contributed by atoms with Gasteiger partial charge in [-0.05, 0) is 48.7 Å². The van der Waals surface area contributed by atoms with E-state index in [4.69, 9.17) is 0 Å². The number of anilines is 1. The number of hydrogen-bond donors (Lipinski definition) is 2. The van der Waals surface area contributed by atoms with Gasteiger partial charge in [0.1, 0.15) is 18.1 Å². The largest absolute Gasteiger partial charge is 0.480 e. The topological polar surface area (TPSA) is 79.3 Å². The fourth-order valence-electron chi connectivity index (χ4n) is 3.14. The highest BCUT2D eigenvalue weighted by Crippen LogP contribution is 2.32. The zero-order chi connectivity index (χ0) is 17.8. The van der Waals surface area contributed by atoms with Crippen LogP contribution in [0.15, 0.2) is 36.5 Å². The Hall–Kier alpha value is -2.76. The average molecular weight is 342 g/mol. The number of rotatable bonds is 2. The third kappa shape index (κ3) is 3.84. The average Bonchev–Trinajstić information content (AvgIpc) is 2.61. The smallest absolute Gasteiger partial charge is 0.326 e. The van der Waals surface area contributed by atoms with Crippen molar-refractivity contribution in [3.63, 3.8) is 0 Å². The molecule has 1 aromatic carbocycles. The lowest BCUT2D eigenvalue weighted by Gasteiger charge is -2.20. The molecule has 1 aromatic heterocycles. The summed E-state index contributed by atoms with van der Waals surface area (Å²) < 4.78 is 13.8. The van der Waals surface area contributed by atoms with Crippen LogP contribution in [-0.4, -0.2) is 28.4 Å². The Labute approximate surface area is 144 Å². The molecule has 0 aliphatic carbocycles. The second-order valence-corrected chi connectivity index (χ2v) is 6.22. The van der Waals surface area contributed by atoms with Crippen LogP contribution in [-0.2, 0) is 9.59 Å². The van der Waals surface area contributed by atoms with Crippen molar-refractivity contribution in [1.29, 1.82) is 0 Å². The molecule has 5 nitrogen and oxygen atoms in total. The number of halogens is 1. The van der Waals surface area contributed by atoms with Gasteiger partial charge >= 0.3 is 5.97 Å². The van der Waals surface area contributed by atoms with E-state index in [1.807, 2.05) is 0 Å². The molecule has 3 rings (SSSR count). The summed E-state index contributed by atoms with van der Waals surface area (Å²) >= 11 is 0. The molecule has 2 heterocycles. The van der Waals surface area contributed by atoms with Gasteiger partial charge in [0, 0.05) is 17.4 Å². The van der Waals surface area contributed by atoms with Crippen LogP contribution in [0.25, 0.3) is 11.1 Å². The van der Waals surface area contributed by atoms with Gasteiger partial charge in [0.15, 0.2) is 0 Å². The highest BCUT2D eigenvalue weighted by molar-refractivity contribution is 5.83. The lowest BCUT2D eigenvalue weighted by atomic mass is 9.94. The molecular weight excluding hydrogens is 323 g/mol. The number of aldehydes is 1. The normalized spacial score (nSPS) is 20.4. The van der Waals surface area contributed by atoms with Crippen molar-refractivity contribution < 1.29 is 19.1 Å². The Morgan fingerprint density at radius 2 is 2.04 bits per heavy atom. The molecule has 6 heteroatoms. The van der Waals surface area contributed by atoms with Gasteiger partial charge in [-0.25, -0.2) is 9.18 Å². The lowest BCUT2D eigenvalue weighted by Crippen LogP contribution is -2.29. The minimum absolute atomic E-state index is 0.340. The fourth-order valence-corrected chi connectivity index (χ4v) is 3.14. The first-order valence-electron chi connectivity index (χ1n) is 8.29. The van der Waals surface area contributed by atoms with E-state index < -0.39 is 17.8 Å². The number of nitrogens with one attached hydrogen (secondary N) is 1. The summed E-state index contributed by atoms with van der Waals surface area (Å²) in [5.41, 5.74) is 2.45. The van der Waals surface area contributed by atoms with Gasteiger partial charge in [0.25, 0.3) is 0 Å². The van der Waals surface area contributed by atoms with E-state index in [1.54, 1.807) is 24.4 Å². The van der Waals surface area contributed by atoms with E-state index in [1.165, 1.54) is 12.1 Å². The number of nitrogens with zero attached hydrogens (tertiary/aromatic N) is 1. The third-order valence-electron chi connectivity index (χ3n) is 4.50. The van der Waals surface area contributed by atoms with E-state index in [0.717, 1.165) is 12.7 Å². The highest BCUT2D eigenvalue weighted by atomic mass is 19.1. The van der Waals surface area contributed by atoms with Crippen LogP contribution >= 0.6 is 0 Å². The lowest BCUT2D eigenvalue weighted by molar-refractivity contribution is -0.138. The second-order valence-electron chi connectivity index (χ2n) is 6.22. The van der Waals surface area contributed by atoms with Gasteiger partial charge in [-0.3, -0.25) is 4.98 Å². The zero-order valence-corrected chi connectivity index (χ0v) is 13.6. The Balaban J connectivity index is 2.12. The van der Waals surface area contributed by atoms with Gasteiger partial charge < -0.3 is 15.2 Å². The Kier molecular flexibility index (Phi) is 5.07. The van der Waals surface area contributed by atoms with Crippen LogP contribution in [0.1, 0.15) is 37.3 Å². The van der Waals surface area contributed by atoms with Gasteiger partial charge in [-0.1, -0.05) is 12.8 Å². The maximum atomic E-state index is 13.8. The number of carboxylic acids is 1. The summed E-state index contributed by atoms with van der Waals surface area (Å²) in [5, 5.41) is 12.5. The fraction of sp³-hybridized carbons (Fsp3) is 0.316. The number of hydrogen-bond acceptors (Lipinski definition) is 4. The number of aliphatic carboxylic acids is 1. The summed E-state index contributed by atoms with van der Waals surface area (Å²) in [7, 11) is 0. The van der Waals surface area contributed by atoms with Crippen molar-refractivity contribution in [2.75, 3.05) is 5.32 Å². The zero-order valence-electron chi connectivity index (χ0n) is 13.6. The molecule has 0 saturated heterocycles. The third-order valence-corrected chi connectivity index (χ3v) is 4.50. The highest BCUT2D eigenvalue weighted by Gasteiger charge is 2.21. The molecule has 1 aliphatic rings. The number of aromatic nitrogens is 1. The van der Waals surface area contributed by atoms with Crippen molar-refractivity contribution in [2.45, 2.75) is 37.6 Å². The van der Waals surface area contributed by atoms with Gasteiger partial charge in [0.2, 0.25) is 0 Å². The van der Waals surface area contributed by atoms with Crippen LogP contribution in [0.4, 0.5) is 10.1 Å². The SMILES string of the molecule is O=CC1CCCCC(C(=O)O)Nc2ccc(F)cc2-c2ccnc1c2. The number of fused-ring (bicyclic) bond motifs is 4. The summed E-state index contributed by atoms with van der Waals surface area (Å²) in [4.78, 5) is 27.3. The Morgan fingerprint density at radius 3 is 2.80 bits per heavy atom. The van der Waals surface area contributed by atoms with Crippen LogP contribution in [0.3, 0.4) is 0 Å². The first-order valence-corrected chi connectivity index (χ1v) is 8.29. The number of benzene rings is 1. The molecule has 25 heavy (non-hydrogen) atoms. The predicted molar refractivity (Wildman–Crippen MR) is 92.0 cm³/mol. The molecule has 0 amide bonds. The molecule has 2 N–H and O–H groups in total. The van der Waals surface area contributed by atoms with Crippen LogP contribution < -0.4 is 5.32 Å². The van der Waals surface area contributed by atoms with Crippen molar-refractivity contribution in [3.05, 3.63) is 48.0 Å². The number of carbonyl (C=O) groups is 2. The van der Waals surface area contributed by atoms with Crippen molar-refractivity contribution in [3.8, 4) is 11.1 Å². The molecule has 2 bridgehead atoms. The molecule has 130 valence electrons. The molecule has 0 saturated carbocycles. The van der Waals surface area contributed by atoms with Gasteiger partial charge in [-0.15, -0.1) is 0 Å². The minimum atomic E-state index is -0.949. The summed E-state index contributed by atoms with van der Waals surface area (Å²) in [6, 6.07) is 6.95. The first kappa shape index (κ1) is 17.1. The molecule has 0 spiro atoms. The van der Waals surface area contributed by atoms with Crippen molar-refractivity contribution >= 4 is 17.9 Å². The first-order chi connectivity index (χ1) is 12.1. The standard InChI is InChI=1S/C19H19FN2O3/c20-14-5-6-16-15(10-14)12-7-8-21-18(9-12)13(11-23)3-1-2-4-17(22-16)19(24)25/h5-11,13,17,22H,1-4H2,(H,24,25). The van der Waals surface area contributed by atoms with E-state index in [-0.39, 0.29) is 5.92 Å². The number of pyridine rings is 1. The van der Waals surface area contributed by atoms with Crippen LogP contribution in [0.5, 0.6) is 0 Å². The summed E-state index contributed by atoms with van der Waals surface area (Å²) in [6.07, 6.45) is 4.91. The number of carboxylic acid groups (broad SMARTS) is 1. The van der Waals surface area contributed by atoms with E-state index in [0.29, 0.717) is 41.8 Å².